The molecule has 0 aromatic heterocycles. The molecular formula is C7H11NO2. The summed E-state index contributed by atoms with van der Waals surface area (Å²) in [5.74, 6) is 0. The molecule has 56 valence electrons. The summed E-state index contributed by atoms with van der Waals surface area (Å²) in [5.41, 5.74) is 0. The van der Waals surface area contributed by atoms with Crippen molar-refractivity contribution in [1.82, 2.24) is 0 Å². The molecule has 0 amide bonds. The Labute approximate surface area is 60.5 Å². The van der Waals surface area contributed by atoms with Gasteiger partial charge >= 0.3 is 0 Å². The molecule has 0 aliphatic carbocycles. The summed E-state index contributed by atoms with van der Waals surface area (Å²) >= 11 is 0. The van der Waals surface area contributed by atoms with Crippen LogP contribution in [-0.4, -0.2) is 19.5 Å². The van der Waals surface area contributed by atoms with Crippen molar-refractivity contribution < 1.29 is 9.47 Å². The predicted octanol–water partition coefficient (Wildman–Crippen LogP) is 1.05. The third kappa shape index (κ3) is 2.34. The van der Waals surface area contributed by atoms with Crippen LogP contribution in [0.1, 0.15) is 19.3 Å². The molecule has 0 spiro atoms. The first-order chi connectivity index (χ1) is 4.93. The second-order valence-corrected chi connectivity index (χ2v) is 2.24. The number of nitrogens with zero attached hydrogens (tertiary/aromatic N) is 1. The Bertz CT molecular complexity index is 122. The van der Waals surface area contributed by atoms with E-state index in [4.69, 9.17) is 14.7 Å². The SMILES string of the molecule is N#CCC1OCCCCO1. The molecule has 0 N–H and O–H groups in total. The van der Waals surface area contributed by atoms with Crippen LogP contribution in [0.25, 0.3) is 0 Å². The molecule has 3 heteroatoms. The molecule has 0 aromatic rings. The van der Waals surface area contributed by atoms with Crippen LogP contribution >= 0.6 is 0 Å². The van der Waals surface area contributed by atoms with E-state index in [1.165, 1.54) is 0 Å². The Hall–Kier alpha value is -0.590. The highest BCUT2D eigenvalue weighted by molar-refractivity contribution is 4.71. The minimum Gasteiger partial charge on any atom is -0.352 e. The molecule has 0 saturated carbocycles. The van der Waals surface area contributed by atoms with Gasteiger partial charge in [0.15, 0.2) is 6.29 Å². The van der Waals surface area contributed by atoms with Gasteiger partial charge in [0.25, 0.3) is 0 Å². The predicted molar refractivity (Wildman–Crippen MR) is 35.2 cm³/mol. The smallest absolute Gasteiger partial charge is 0.170 e. The Morgan fingerprint density at radius 3 is 2.40 bits per heavy atom. The van der Waals surface area contributed by atoms with Gasteiger partial charge in [-0.15, -0.1) is 0 Å². The van der Waals surface area contributed by atoms with Crippen LogP contribution < -0.4 is 0 Å². The van der Waals surface area contributed by atoms with Crippen molar-refractivity contribution in [3.05, 3.63) is 0 Å². The minimum absolute atomic E-state index is 0.271. The lowest BCUT2D eigenvalue weighted by Crippen LogP contribution is -2.14. The molecule has 1 fully saturated rings. The second-order valence-electron chi connectivity index (χ2n) is 2.24. The van der Waals surface area contributed by atoms with Gasteiger partial charge in [0, 0.05) is 13.2 Å². The fourth-order valence-corrected chi connectivity index (χ4v) is 0.874. The van der Waals surface area contributed by atoms with Crippen molar-refractivity contribution in [2.24, 2.45) is 0 Å². The minimum atomic E-state index is -0.271. The highest BCUT2D eigenvalue weighted by Gasteiger charge is 2.11. The normalized spacial score (nSPS) is 21.5. The van der Waals surface area contributed by atoms with Crippen LogP contribution in [0, 0.1) is 11.3 Å². The number of rotatable bonds is 1. The maximum atomic E-state index is 8.30. The van der Waals surface area contributed by atoms with E-state index in [2.05, 4.69) is 0 Å². The van der Waals surface area contributed by atoms with Crippen molar-refractivity contribution in [1.29, 1.82) is 5.26 Å². The zero-order valence-electron chi connectivity index (χ0n) is 5.88. The fraction of sp³-hybridized carbons (Fsp3) is 0.857. The van der Waals surface area contributed by atoms with Gasteiger partial charge in [0.05, 0.1) is 12.5 Å². The maximum Gasteiger partial charge on any atom is 0.170 e. The van der Waals surface area contributed by atoms with Crippen LogP contribution in [0.15, 0.2) is 0 Å². The Morgan fingerprint density at radius 1 is 1.30 bits per heavy atom. The Morgan fingerprint density at radius 2 is 1.90 bits per heavy atom. The molecule has 1 saturated heterocycles. The number of hydrogen-bond donors (Lipinski definition) is 0. The van der Waals surface area contributed by atoms with E-state index in [1.54, 1.807) is 0 Å². The van der Waals surface area contributed by atoms with Gasteiger partial charge < -0.3 is 9.47 Å². The first kappa shape index (κ1) is 7.52. The van der Waals surface area contributed by atoms with Crippen molar-refractivity contribution >= 4 is 0 Å². The summed E-state index contributed by atoms with van der Waals surface area (Å²) in [4.78, 5) is 0. The molecule has 1 heterocycles. The van der Waals surface area contributed by atoms with Crippen LogP contribution in [-0.2, 0) is 9.47 Å². The van der Waals surface area contributed by atoms with Gasteiger partial charge in [0.1, 0.15) is 0 Å². The number of nitriles is 1. The summed E-state index contributed by atoms with van der Waals surface area (Å²) in [6, 6.07) is 2.02. The molecule has 1 aliphatic rings. The molecule has 10 heavy (non-hydrogen) atoms. The van der Waals surface area contributed by atoms with E-state index >= 15 is 0 Å². The largest absolute Gasteiger partial charge is 0.352 e. The van der Waals surface area contributed by atoms with Crippen LogP contribution in [0.5, 0.6) is 0 Å². The van der Waals surface area contributed by atoms with Crippen LogP contribution in [0.4, 0.5) is 0 Å². The molecule has 1 rings (SSSR count). The van der Waals surface area contributed by atoms with Gasteiger partial charge in [-0.1, -0.05) is 0 Å². The molecule has 3 nitrogen and oxygen atoms in total. The highest BCUT2D eigenvalue weighted by Crippen LogP contribution is 2.07. The van der Waals surface area contributed by atoms with Gasteiger partial charge in [-0.25, -0.2) is 0 Å². The van der Waals surface area contributed by atoms with Crippen LogP contribution in [0.3, 0.4) is 0 Å². The first-order valence-electron chi connectivity index (χ1n) is 3.53. The van der Waals surface area contributed by atoms with E-state index in [0.717, 1.165) is 26.1 Å². The lowest BCUT2D eigenvalue weighted by molar-refractivity contribution is -0.121. The van der Waals surface area contributed by atoms with E-state index in [0.29, 0.717) is 6.42 Å². The van der Waals surface area contributed by atoms with Crippen LogP contribution in [0.2, 0.25) is 0 Å². The molecule has 0 aromatic carbocycles. The number of ether oxygens (including phenoxy) is 2. The van der Waals surface area contributed by atoms with Gasteiger partial charge in [0.2, 0.25) is 0 Å². The van der Waals surface area contributed by atoms with Gasteiger partial charge in [-0.3, -0.25) is 0 Å². The van der Waals surface area contributed by atoms with Crippen molar-refractivity contribution in [2.75, 3.05) is 13.2 Å². The third-order valence-corrected chi connectivity index (χ3v) is 1.40. The highest BCUT2D eigenvalue weighted by atomic mass is 16.7. The Balaban J connectivity index is 2.23. The quantitative estimate of drug-likeness (QED) is 0.548. The lowest BCUT2D eigenvalue weighted by atomic mass is 10.3. The van der Waals surface area contributed by atoms with E-state index in [9.17, 15) is 0 Å². The molecule has 0 unspecified atom stereocenters. The summed E-state index contributed by atoms with van der Waals surface area (Å²) in [7, 11) is 0. The Kier molecular flexibility index (Phi) is 3.20. The average molecular weight is 141 g/mol. The molecule has 1 aliphatic heterocycles. The second kappa shape index (κ2) is 4.26. The van der Waals surface area contributed by atoms with Crippen molar-refractivity contribution in [2.45, 2.75) is 25.6 Å². The van der Waals surface area contributed by atoms with E-state index in [-0.39, 0.29) is 6.29 Å². The molecule has 0 atom stereocenters. The van der Waals surface area contributed by atoms with Gasteiger partial charge in [-0.2, -0.15) is 5.26 Å². The maximum absolute atomic E-state index is 8.30. The average Bonchev–Trinajstić information content (AvgIpc) is 2.17. The number of hydrogen-bond acceptors (Lipinski definition) is 3. The first-order valence-corrected chi connectivity index (χ1v) is 3.53. The fourth-order valence-electron chi connectivity index (χ4n) is 0.874. The standard InChI is InChI=1S/C7H11NO2/c8-4-3-7-9-5-1-2-6-10-7/h7H,1-3,5-6H2. The van der Waals surface area contributed by atoms with Gasteiger partial charge in [-0.05, 0) is 12.8 Å². The summed E-state index contributed by atoms with van der Waals surface area (Å²) in [6.45, 7) is 1.46. The molecular weight excluding hydrogens is 130 g/mol. The van der Waals surface area contributed by atoms with Crippen molar-refractivity contribution in [3.8, 4) is 6.07 Å². The zero-order valence-corrected chi connectivity index (χ0v) is 5.88. The summed E-state index contributed by atoms with van der Waals surface area (Å²) in [5, 5.41) is 8.30. The summed E-state index contributed by atoms with van der Waals surface area (Å²) in [6.07, 6.45) is 2.16. The van der Waals surface area contributed by atoms with E-state index in [1.807, 2.05) is 6.07 Å². The molecule has 0 radical (unpaired) electrons. The molecule has 0 bridgehead atoms. The zero-order chi connectivity index (χ0) is 7.23. The van der Waals surface area contributed by atoms with E-state index < -0.39 is 0 Å². The lowest BCUT2D eigenvalue weighted by Gasteiger charge is -2.10. The van der Waals surface area contributed by atoms with Crippen molar-refractivity contribution in [3.63, 3.8) is 0 Å². The third-order valence-electron chi connectivity index (χ3n) is 1.40. The summed E-state index contributed by atoms with van der Waals surface area (Å²) < 4.78 is 10.4. The topological polar surface area (TPSA) is 42.2 Å². The monoisotopic (exact) mass is 141 g/mol.